The molecule has 0 bridgehead atoms. The predicted octanol–water partition coefficient (Wildman–Crippen LogP) is 2.63. The van der Waals surface area contributed by atoms with Gasteiger partial charge in [0, 0.05) is 37.8 Å². The number of hydrogen-bond donors (Lipinski definition) is 0. The van der Waals surface area contributed by atoms with Crippen LogP contribution in [-0.2, 0) is 4.74 Å². The first-order chi connectivity index (χ1) is 11.2. The van der Waals surface area contributed by atoms with Gasteiger partial charge < -0.3 is 9.64 Å². The molecule has 1 amide bonds. The van der Waals surface area contributed by atoms with Crippen LogP contribution in [0.1, 0.15) is 40.7 Å². The zero-order valence-corrected chi connectivity index (χ0v) is 14.4. The molecular formula is C19H28N2O2. The first-order valence-electron chi connectivity index (χ1n) is 8.84. The summed E-state index contributed by atoms with van der Waals surface area (Å²) >= 11 is 0. The van der Waals surface area contributed by atoms with Crippen LogP contribution in [0.15, 0.2) is 18.2 Å². The Morgan fingerprint density at radius 2 is 1.87 bits per heavy atom. The van der Waals surface area contributed by atoms with Crippen LogP contribution in [0.4, 0.5) is 0 Å². The Labute approximate surface area is 139 Å². The van der Waals surface area contributed by atoms with Crippen LogP contribution in [0.2, 0.25) is 0 Å². The Kier molecular flexibility index (Phi) is 5.34. The normalized spacial score (nSPS) is 23.6. The molecule has 23 heavy (non-hydrogen) atoms. The molecule has 3 rings (SSSR count). The Morgan fingerprint density at radius 1 is 1.09 bits per heavy atom. The van der Waals surface area contributed by atoms with E-state index in [2.05, 4.69) is 29.7 Å². The standard InChI is InChI=1S/C19H28N2O2/c1-15-5-3-7-18(16(15)2)19(22)21-9-4-6-17(8-10-21)20-11-13-23-14-12-20/h3,5,7,17H,4,6,8-14H2,1-2H3/t17-/m0/s1. The lowest BCUT2D eigenvalue weighted by molar-refractivity contribution is 0.0135. The minimum Gasteiger partial charge on any atom is -0.379 e. The van der Waals surface area contributed by atoms with Gasteiger partial charge >= 0.3 is 0 Å². The number of benzene rings is 1. The van der Waals surface area contributed by atoms with Gasteiger partial charge in [-0.2, -0.15) is 0 Å². The van der Waals surface area contributed by atoms with E-state index in [0.29, 0.717) is 6.04 Å². The van der Waals surface area contributed by atoms with E-state index in [4.69, 9.17) is 4.74 Å². The summed E-state index contributed by atoms with van der Waals surface area (Å²) in [6, 6.07) is 6.64. The van der Waals surface area contributed by atoms with Gasteiger partial charge in [-0.1, -0.05) is 12.1 Å². The fraction of sp³-hybridized carbons (Fsp3) is 0.632. The molecule has 1 aromatic rings. The van der Waals surface area contributed by atoms with E-state index < -0.39 is 0 Å². The molecule has 2 fully saturated rings. The largest absolute Gasteiger partial charge is 0.379 e. The molecule has 2 aliphatic heterocycles. The first-order valence-corrected chi connectivity index (χ1v) is 8.84. The van der Waals surface area contributed by atoms with Crippen molar-refractivity contribution in [2.45, 2.75) is 39.2 Å². The average Bonchev–Trinajstić information content (AvgIpc) is 2.84. The fourth-order valence-electron chi connectivity index (χ4n) is 3.74. The van der Waals surface area contributed by atoms with E-state index in [1.165, 1.54) is 12.0 Å². The van der Waals surface area contributed by atoms with Gasteiger partial charge in [-0.05, 0) is 50.3 Å². The fourth-order valence-corrected chi connectivity index (χ4v) is 3.74. The molecule has 0 spiro atoms. The van der Waals surface area contributed by atoms with Crippen molar-refractivity contribution >= 4 is 5.91 Å². The van der Waals surface area contributed by atoms with Crippen LogP contribution in [0.5, 0.6) is 0 Å². The molecule has 4 nitrogen and oxygen atoms in total. The Balaban J connectivity index is 1.65. The smallest absolute Gasteiger partial charge is 0.254 e. The summed E-state index contributed by atoms with van der Waals surface area (Å²) in [5.74, 6) is 0.203. The van der Waals surface area contributed by atoms with Crippen LogP contribution in [0.25, 0.3) is 0 Å². The van der Waals surface area contributed by atoms with E-state index in [0.717, 1.165) is 63.4 Å². The molecule has 126 valence electrons. The molecule has 0 aromatic heterocycles. The van der Waals surface area contributed by atoms with Crippen molar-refractivity contribution in [1.29, 1.82) is 0 Å². The van der Waals surface area contributed by atoms with Gasteiger partial charge in [-0.3, -0.25) is 9.69 Å². The highest BCUT2D eigenvalue weighted by Gasteiger charge is 2.26. The number of nitrogens with zero attached hydrogens (tertiary/aromatic N) is 2. The maximum Gasteiger partial charge on any atom is 0.254 e. The van der Waals surface area contributed by atoms with E-state index >= 15 is 0 Å². The minimum atomic E-state index is 0.203. The summed E-state index contributed by atoms with van der Waals surface area (Å²) in [6.45, 7) is 9.65. The maximum atomic E-state index is 12.9. The predicted molar refractivity (Wildman–Crippen MR) is 91.9 cm³/mol. The van der Waals surface area contributed by atoms with Crippen LogP contribution < -0.4 is 0 Å². The lowest BCUT2D eigenvalue weighted by atomic mass is 10.0. The number of ether oxygens (including phenoxy) is 1. The Morgan fingerprint density at radius 3 is 2.65 bits per heavy atom. The monoisotopic (exact) mass is 316 g/mol. The summed E-state index contributed by atoms with van der Waals surface area (Å²) in [7, 11) is 0. The van der Waals surface area contributed by atoms with Gasteiger partial charge in [0.25, 0.3) is 5.91 Å². The highest BCUT2D eigenvalue weighted by atomic mass is 16.5. The van der Waals surface area contributed by atoms with Gasteiger partial charge in [0.15, 0.2) is 0 Å². The zero-order valence-electron chi connectivity index (χ0n) is 14.4. The molecule has 0 radical (unpaired) electrons. The Bertz CT molecular complexity index is 552. The summed E-state index contributed by atoms with van der Waals surface area (Å²) in [5, 5.41) is 0. The highest BCUT2D eigenvalue weighted by Crippen LogP contribution is 2.21. The van der Waals surface area contributed by atoms with Crippen molar-refractivity contribution in [1.82, 2.24) is 9.80 Å². The third kappa shape index (κ3) is 3.75. The van der Waals surface area contributed by atoms with Gasteiger partial charge in [0.05, 0.1) is 13.2 Å². The van der Waals surface area contributed by atoms with Crippen LogP contribution in [0.3, 0.4) is 0 Å². The second-order valence-electron chi connectivity index (χ2n) is 6.77. The number of carbonyl (C=O) groups excluding carboxylic acids is 1. The molecule has 4 heteroatoms. The molecule has 0 aliphatic carbocycles. The summed E-state index contributed by atoms with van der Waals surface area (Å²) < 4.78 is 5.46. The van der Waals surface area contributed by atoms with E-state index in [9.17, 15) is 4.79 Å². The first kappa shape index (κ1) is 16.5. The van der Waals surface area contributed by atoms with Crippen molar-refractivity contribution < 1.29 is 9.53 Å². The summed E-state index contributed by atoms with van der Waals surface area (Å²) in [5.41, 5.74) is 3.18. The number of carbonyl (C=O) groups is 1. The average molecular weight is 316 g/mol. The second-order valence-corrected chi connectivity index (χ2v) is 6.77. The molecule has 0 unspecified atom stereocenters. The lowest BCUT2D eigenvalue weighted by Gasteiger charge is -2.34. The minimum absolute atomic E-state index is 0.203. The number of rotatable bonds is 2. The van der Waals surface area contributed by atoms with Crippen molar-refractivity contribution in [2.75, 3.05) is 39.4 Å². The topological polar surface area (TPSA) is 32.8 Å². The molecule has 1 aromatic carbocycles. The summed E-state index contributed by atoms with van der Waals surface area (Å²) in [6.07, 6.45) is 3.37. The van der Waals surface area contributed by atoms with Gasteiger partial charge in [-0.15, -0.1) is 0 Å². The van der Waals surface area contributed by atoms with Crippen LogP contribution in [0, 0.1) is 13.8 Å². The Hall–Kier alpha value is -1.39. The number of likely N-dealkylation sites (tertiary alicyclic amines) is 1. The lowest BCUT2D eigenvalue weighted by Crippen LogP contribution is -2.44. The molecule has 0 N–H and O–H groups in total. The number of hydrogen-bond acceptors (Lipinski definition) is 3. The van der Waals surface area contributed by atoms with Crippen molar-refractivity contribution in [3.05, 3.63) is 34.9 Å². The SMILES string of the molecule is Cc1cccc(C(=O)N2CCC[C@H](N3CCOCC3)CC2)c1C. The third-order valence-corrected chi connectivity index (χ3v) is 5.38. The molecule has 2 aliphatic rings. The van der Waals surface area contributed by atoms with Gasteiger partial charge in [0.2, 0.25) is 0 Å². The van der Waals surface area contributed by atoms with Gasteiger partial charge in [-0.25, -0.2) is 0 Å². The van der Waals surface area contributed by atoms with Crippen LogP contribution >= 0.6 is 0 Å². The molecule has 0 saturated carbocycles. The zero-order chi connectivity index (χ0) is 16.2. The second kappa shape index (κ2) is 7.45. The number of aryl methyl sites for hydroxylation is 1. The van der Waals surface area contributed by atoms with Crippen molar-refractivity contribution in [2.24, 2.45) is 0 Å². The number of amides is 1. The quantitative estimate of drug-likeness (QED) is 0.841. The van der Waals surface area contributed by atoms with E-state index in [1.807, 2.05) is 12.1 Å². The van der Waals surface area contributed by atoms with Crippen LogP contribution in [-0.4, -0.2) is 61.1 Å². The summed E-state index contributed by atoms with van der Waals surface area (Å²) in [4.78, 5) is 17.5. The molecule has 1 atom stereocenters. The third-order valence-electron chi connectivity index (χ3n) is 5.38. The number of morpholine rings is 1. The maximum absolute atomic E-state index is 12.9. The highest BCUT2D eigenvalue weighted by molar-refractivity contribution is 5.96. The molecular weight excluding hydrogens is 288 g/mol. The molecule has 2 saturated heterocycles. The van der Waals surface area contributed by atoms with Crippen molar-refractivity contribution in [3.63, 3.8) is 0 Å². The van der Waals surface area contributed by atoms with Gasteiger partial charge in [0.1, 0.15) is 0 Å². The van der Waals surface area contributed by atoms with Crippen molar-refractivity contribution in [3.8, 4) is 0 Å². The molecule has 2 heterocycles. The van der Waals surface area contributed by atoms with E-state index in [1.54, 1.807) is 0 Å². The van der Waals surface area contributed by atoms with E-state index in [-0.39, 0.29) is 5.91 Å².